The van der Waals surface area contributed by atoms with Crippen LogP contribution >= 0.6 is 0 Å². The van der Waals surface area contributed by atoms with E-state index in [9.17, 15) is 9.90 Å². The van der Waals surface area contributed by atoms with Gasteiger partial charge in [0.25, 0.3) is 0 Å². The van der Waals surface area contributed by atoms with E-state index in [0.717, 1.165) is 11.1 Å². The van der Waals surface area contributed by atoms with Gasteiger partial charge in [-0.05, 0) is 35.4 Å². The molecule has 3 N–H and O–H groups in total. The SMILES string of the molecule is CC(C)(c1ccc(O)cc1)c1ccc(C(N)=O)cc1. The lowest BCUT2D eigenvalue weighted by atomic mass is 9.78. The molecule has 0 fully saturated rings. The van der Waals surface area contributed by atoms with Gasteiger partial charge in [-0.1, -0.05) is 38.1 Å². The zero-order chi connectivity index (χ0) is 14.0. The first-order chi connectivity index (χ1) is 8.91. The normalized spacial score (nSPS) is 11.3. The Bertz CT molecular complexity index is 583. The average Bonchev–Trinajstić information content (AvgIpc) is 2.39. The van der Waals surface area contributed by atoms with Gasteiger partial charge in [0.1, 0.15) is 5.75 Å². The summed E-state index contributed by atoms with van der Waals surface area (Å²) in [6, 6.07) is 14.4. The number of benzene rings is 2. The molecule has 98 valence electrons. The Morgan fingerprint density at radius 2 is 1.37 bits per heavy atom. The van der Waals surface area contributed by atoms with E-state index in [2.05, 4.69) is 13.8 Å². The van der Waals surface area contributed by atoms with E-state index in [-0.39, 0.29) is 11.2 Å². The van der Waals surface area contributed by atoms with Crippen LogP contribution in [0.15, 0.2) is 48.5 Å². The molecule has 0 bridgehead atoms. The number of hydrogen-bond acceptors (Lipinski definition) is 2. The maximum atomic E-state index is 11.1. The lowest BCUT2D eigenvalue weighted by Crippen LogP contribution is -2.19. The van der Waals surface area contributed by atoms with E-state index >= 15 is 0 Å². The van der Waals surface area contributed by atoms with Crippen LogP contribution in [0.25, 0.3) is 0 Å². The van der Waals surface area contributed by atoms with Gasteiger partial charge in [-0.3, -0.25) is 4.79 Å². The number of nitrogens with two attached hydrogens (primary N) is 1. The van der Waals surface area contributed by atoms with Crippen LogP contribution in [0.4, 0.5) is 0 Å². The zero-order valence-electron chi connectivity index (χ0n) is 11.1. The number of carbonyl (C=O) groups excluding carboxylic acids is 1. The van der Waals surface area contributed by atoms with Gasteiger partial charge >= 0.3 is 0 Å². The Kier molecular flexibility index (Phi) is 3.30. The Labute approximate surface area is 112 Å². The van der Waals surface area contributed by atoms with Crippen LogP contribution in [-0.4, -0.2) is 11.0 Å². The van der Waals surface area contributed by atoms with Crippen molar-refractivity contribution >= 4 is 5.91 Å². The Morgan fingerprint density at radius 1 is 0.947 bits per heavy atom. The third-order valence-electron chi connectivity index (χ3n) is 3.48. The quantitative estimate of drug-likeness (QED) is 0.885. The van der Waals surface area contributed by atoms with Crippen molar-refractivity contribution in [3.63, 3.8) is 0 Å². The highest BCUT2D eigenvalue weighted by Crippen LogP contribution is 2.32. The Morgan fingerprint density at radius 3 is 1.79 bits per heavy atom. The van der Waals surface area contributed by atoms with Crippen molar-refractivity contribution in [2.45, 2.75) is 19.3 Å². The number of primary amides is 1. The highest BCUT2D eigenvalue weighted by atomic mass is 16.3. The van der Waals surface area contributed by atoms with Crippen molar-refractivity contribution in [3.05, 3.63) is 65.2 Å². The van der Waals surface area contributed by atoms with E-state index < -0.39 is 5.91 Å². The molecular weight excluding hydrogens is 238 g/mol. The fraction of sp³-hybridized carbons (Fsp3) is 0.188. The summed E-state index contributed by atoms with van der Waals surface area (Å²) < 4.78 is 0. The molecule has 2 aromatic carbocycles. The number of phenols is 1. The van der Waals surface area contributed by atoms with Crippen LogP contribution in [0, 0.1) is 0 Å². The predicted octanol–water partition coefficient (Wildman–Crippen LogP) is 2.82. The van der Waals surface area contributed by atoms with Crippen LogP contribution in [0.1, 0.15) is 35.3 Å². The van der Waals surface area contributed by atoms with E-state index in [1.165, 1.54) is 0 Å². The van der Waals surface area contributed by atoms with Crippen LogP contribution < -0.4 is 5.73 Å². The molecule has 0 radical (unpaired) electrons. The molecule has 0 saturated heterocycles. The summed E-state index contributed by atoms with van der Waals surface area (Å²) in [7, 11) is 0. The molecule has 0 unspecified atom stereocenters. The first-order valence-corrected chi connectivity index (χ1v) is 6.11. The molecule has 0 spiro atoms. The van der Waals surface area contributed by atoms with Gasteiger partial charge in [-0.2, -0.15) is 0 Å². The van der Waals surface area contributed by atoms with E-state index in [1.807, 2.05) is 24.3 Å². The number of phenolic OH excluding ortho intramolecular Hbond substituents is 1. The van der Waals surface area contributed by atoms with Crippen LogP contribution in [0.5, 0.6) is 5.75 Å². The van der Waals surface area contributed by atoms with Crippen LogP contribution in [0.3, 0.4) is 0 Å². The van der Waals surface area contributed by atoms with E-state index in [0.29, 0.717) is 5.56 Å². The molecule has 19 heavy (non-hydrogen) atoms. The number of carbonyl (C=O) groups is 1. The zero-order valence-corrected chi connectivity index (χ0v) is 11.1. The summed E-state index contributed by atoms with van der Waals surface area (Å²) in [6.45, 7) is 4.19. The minimum absolute atomic E-state index is 0.204. The summed E-state index contributed by atoms with van der Waals surface area (Å²) in [5, 5.41) is 9.34. The minimum Gasteiger partial charge on any atom is -0.508 e. The summed E-state index contributed by atoms with van der Waals surface area (Å²) in [4.78, 5) is 11.1. The van der Waals surface area contributed by atoms with E-state index in [4.69, 9.17) is 5.73 Å². The van der Waals surface area contributed by atoms with Gasteiger partial charge in [0.05, 0.1) is 0 Å². The third kappa shape index (κ3) is 2.60. The lowest BCUT2D eigenvalue weighted by Gasteiger charge is -2.26. The molecule has 1 amide bonds. The number of aromatic hydroxyl groups is 1. The van der Waals surface area contributed by atoms with Gasteiger partial charge < -0.3 is 10.8 Å². The largest absolute Gasteiger partial charge is 0.508 e. The van der Waals surface area contributed by atoms with Crippen molar-refractivity contribution in [1.29, 1.82) is 0 Å². The lowest BCUT2D eigenvalue weighted by molar-refractivity contribution is 0.1000. The number of rotatable bonds is 3. The van der Waals surface area contributed by atoms with E-state index in [1.54, 1.807) is 24.3 Å². The second kappa shape index (κ2) is 4.76. The van der Waals surface area contributed by atoms with Crippen LogP contribution in [0.2, 0.25) is 0 Å². The van der Waals surface area contributed by atoms with Gasteiger partial charge in [0.15, 0.2) is 0 Å². The average molecular weight is 255 g/mol. The third-order valence-corrected chi connectivity index (χ3v) is 3.48. The molecule has 0 aromatic heterocycles. The minimum atomic E-state index is -0.422. The van der Waals surface area contributed by atoms with Crippen molar-refractivity contribution in [3.8, 4) is 5.75 Å². The highest BCUT2D eigenvalue weighted by molar-refractivity contribution is 5.92. The molecule has 0 aliphatic rings. The first kappa shape index (κ1) is 13.1. The summed E-state index contributed by atoms with van der Waals surface area (Å²) >= 11 is 0. The van der Waals surface area contributed by atoms with Gasteiger partial charge in [-0.25, -0.2) is 0 Å². The van der Waals surface area contributed by atoms with Crippen LogP contribution in [-0.2, 0) is 5.41 Å². The molecule has 3 heteroatoms. The molecule has 2 aromatic rings. The molecule has 2 rings (SSSR count). The van der Waals surface area contributed by atoms with Crippen molar-refractivity contribution < 1.29 is 9.90 Å². The molecule has 3 nitrogen and oxygen atoms in total. The monoisotopic (exact) mass is 255 g/mol. The molecule has 0 heterocycles. The molecule has 0 aliphatic heterocycles. The maximum Gasteiger partial charge on any atom is 0.248 e. The van der Waals surface area contributed by atoms with Gasteiger partial charge in [0.2, 0.25) is 5.91 Å². The number of hydrogen-bond donors (Lipinski definition) is 2. The molecule has 0 aliphatic carbocycles. The number of amides is 1. The van der Waals surface area contributed by atoms with Crippen molar-refractivity contribution in [1.82, 2.24) is 0 Å². The Hall–Kier alpha value is -2.29. The first-order valence-electron chi connectivity index (χ1n) is 6.11. The maximum absolute atomic E-state index is 11.1. The fourth-order valence-electron chi connectivity index (χ4n) is 2.10. The Balaban J connectivity index is 2.38. The summed E-state index contributed by atoms with van der Waals surface area (Å²) in [6.07, 6.45) is 0. The molecular formula is C16H17NO2. The topological polar surface area (TPSA) is 63.3 Å². The van der Waals surface area contributed by atoms with Crippen molar-refractivity contribution in [2.24, 2.45) is 5.73 Å². The summed E-state index contributed by atoms with van der Waals surface area (Å²) in [5.41, 5.74) is 7.72. The van der Waals surface area contributed by atoms with Gasteiger partial charge in [-0.15, -0.1) is 0 Å². The smallest absolute Gasteiger partial charge is 0.248 e. The predicted molar refractivity (Wildman–Crippen MR) is 75.2 cm³/mol. The standard InChI is InChI=1S/C16H17NO2/c1-16(2,13-7-9-14(18)10-8-13)12-5-3-11(4-6-12)15(17)19/h3-10,18H,1-2H3,(H2,17,19). The highest BCUT2D eigenvalue weighted by Gasteiger charge is 2.23. The molecule has 0 saturated carbocycles. The second-order valence-corrected chi connectivity index (χ2v) is 5.11. The second-order valence-electron chi connectivity index (χ2n) is 5.11. The van der Waals surface area contributed by atoms with Gasteiger partial charge in [0, 0.05) is 11.0 Å². The van der Waals surface area contributed by atoms with Crippen molar-refractivity contribution in [2.75, 3.05) is 0 Å². The fourth-order valence-corrected chi connectivity index (χ4v) is 2.10. The summed E-state index contributed by atoms with van der Waals surface area (Å²) in [5.74, 6) is -0.169. The molecule has 0 atom stereocenters.